The van der Waals surface area contributed by atoms with Crippen molar-refractivity contribution in [1.82, 2.24) is 24.7 Å². The molecule has 0 amide bonds. The predicted molar refractivity (Wildman–Crippen MR) is 124 cm³/mol. The van der Waals surface area contributed by atoms with E-state index in [2.05, 4.69) is 103 Å². The Labute approximate surface area is 185 Å². The van der Waals surface area contributed by atoms with Crippen molar-refractivity contribution >= 4 is 33.3 Å². The molecule has 2 unspecified atom stereocenters. The van der Waals surface area contributed by atoms with Crippen LogP contribution in [0.3, 0.4) is 0 Å². The Morgan fingerprint density at radius 3 is 2.59 bits per heavy atom. The van der Waals surface area contributed by atoms with Gasteiger partial charge in [0.25, 0.3) is 0 Å². The Kier molecular flexibility index (Phi) is 5.99. The molecule has 0 spiro atoms. The van der Waals surface area contributed by atoms with Crippen molar-refractivity contribution < 1.29 is 0 Å². The van der Waals surface area contributed by atoms with Crippen LogP contribution in [0, 0.1) is 0 Å². The molecule has 1 aliphatic rings. The first kappa shape index (κ1) is 20.1. The van der Waals surface area contributed by atoms with Gasteiger partial charge in [0.15, 0.2) is 5.11 Å². The second kappa shape index (κ2) is 8.65. The second-order valence-corrected chi connectivity index (χ2v) is 8.71. The third kappa shape index (κ3) is 4.22. The minimum atomic E-state index is -0.00467. The zero-order valence-electron chi connectivity index (χ0n) is 16.5. The maximum atomic E-state index is 5.75. The summed E-state index contributed by atoms with van der Waals surface area (Å²) >= 11 is 9.28. The third-order valence-electron chi connectivity index (χ3n) is 5.17. The SMILES string of the molecule is CN(C)CCN1C(=S)NC(c2ccccn2)C1c1cccn1-c1ccc(Br)cc1. The lowest BCUT2D eigenvalue weighted by atomic mass is 10.0. The molecule has 7 heteroatoms. The van der Waals surface area contributed by atoms with Gasteiger partial charge < -0.3 is 19.7 Å². The van der Waals surface area contributed by atoms with Crippen LogP contribution < -0.4 is 5.32 Å². The van der Waals surface area contributed by atoms with Gasteiger partial charge in [0.2, 0.25) is 0 Å². The molecular formula is C22H24BrN5S. The Balaban J connectivity index is 1.77. The van der Waals surface area contributed by atoms with E-state index in [1.807, 2.05) is 18.3 Å². The van der Waals surface area contributed by atoms with E-state index in [1.165, 1.54) is 5.69 Å². The number of thiocarbonyl (C=S) groups is 1. The normalized spacial score (nSPS) is 19.0. The molecule has 0 aliphatic carbocycles. The highest BCUT2D eigenvalue weighted by Crippen LogP contribution is 2.39. The maximum absolute atomic E-state index is 5.75. The lowest BCUT2D eigenvalue weighted by molar-refractivity contribution is 0.272. The molecular weight excluding hydrogens is 446 g/mol. The molecule has 2 aromatic heterocycles. The molecule has 1 fully saturated rings. The predicted octanol–water partition coefficient (Wildman–Crippen LogP) is 4.17. The Morgan fingerprint density at radius 1 is 1.10 bits per heavy atom. The molecule has 1 saturated heterocycles. The molecule has 29 heavy (non-hydrogen) atoms. The van der Waals surface area contributed by atoms with E-state index >= 15 is 0 Å². The van der Waals surface area contributed by atoms with Gasteiger partial charge in [-0.05, 0) is 74.8 Å². The number of halogens is 1. The highest BCUT2D eigenvalue weighted by Gasteiger charge is 2.41. The highest BCUT2D eigenvalue weighted by atomic mass is 79.9. The summed E-state index contributed by atoms with van der Waals surface area (Å²) < 4.78 is 3.31. The quantitative estimate of drug-likeness (QED) is 0.548. The van der Waals surface area contributed by atoms with Gasteiger partial charge in [-0.25, -0.2) is 0 Å². The van der Waals surface area contributed by atoms with Crippen LogP contribution in [0.25, 0.3) is 5.69 Å². The lowest BCUT2D eigenvalue weighted by Crippen LogP contribution is -2.36. The Hall–Kier alpha value is -2.22. The summed E-state index contributed by atoms with van der Waals surface area (Å²) in [6, 6.07) is 18.7. The van der Waals surface area contributed by atoms with Gasteiger partial charge in [-0.1, -0.05) is 22.0 Å². The van der Waals surface area contributed by atoms with E-state index in [4.69, 9.17) is 12.2 Å². The largest absolute Gasteiger partial charge is 0.352 e. The van der Waals surface area contributed by atoms with E-state index in [1.54, 1.807) is 0 Å². The van der Waals surface area contributed by atoms with E-state index in [0.717, 1.165) is 34.1 Å². The molecule has 4 rings (SSSR count). The van der Waals surface area contributed by atoms with Gasteiger partial charge in [-0.15, -0.1) is 0 Å². The molecule has 2 atom stereocenters. The van der Waals surface area contributed by atoms with E-state index in [0.29, 0.717) is 0 Å². The topological polar surface area (TPSA) is 36.3 Å². The van der Waals surface area contributed by atoms with Crippen LogP contribution in [0.4, 0.5) is 0 Å². The van der Waals surface area contributed by atoms with Crippen LogP contribution in [0.15, 0.2) is 71.5 Å². The lowest BCUT2D eigenvalue weighted by Gasteiger charge is -2.29. The minimum Gasteiger partial charge on any atom is -0.352 e. The molecule has 1 aromatic carbocycles. The second-order valence-electron chi connectivity index (χ2n) is 7.40. The standard InChI is InChI=1S/C22H24BrN5S/c1-26(2)14-15-28-21(20(25-22(28)29)18-6-3-4-12-24-18)19-7-5-13-27(19)17-10-8-16(23)9-11-17/h3-13,20-21H,14-15H2,1-2H3,(H,25,29). The number of likely N-dealkylation sites (N-methyl/N-ethyl adjacent to an activating group) is 1. The van der Waals surface area contributed by atoms with Crippen molar-refractivity contribution in [2.24, 2.45) is 0 Å². The van der Waals surface area contributed by atoms with E-state index in [9.17, 15) is 0 Å². The fraction of sp³-hybridized carbons (Fsp3) is 0.273. The average molecular weight is 470 g/mol. The first-order chi connectivity index (χ1) is 14.0. The van der Waals surface area contributed by atoms with Crippen molar-refractivity contribution in [2.75, 3.05) is 27.2 Å². The maximum Gasteiger partial charge on any atom is 0.170 e. The molecule has 150 valence electrons. The summed E-state index contributed by atoms with van der Waals surface area (Å²) in [5, 5.41) is 4.30. The number of hydrogen-bond acceptors (Lipinski definition) is 3. The highest BCUT2D eigenvalue weighted by molar-refractivity contribution is 9.10. The number of benzene rings is 1. The van der Waals surface area contributed by atoms with Crippen LogP contribution in [-0.4, -0.2) is 51.6 Å². The summed E-state index contributed by atoms with van der Waals surface area (Å²) in [4.78, 5) is 9.10. The van der Waals surface area contributed by atoms with Crippen molar-refractivity contribution in [3.63, 3.8) is 0 Å². The van der Waals surface area contributed by atoms with Crippen LogP contribution in [0.5, 0.6) is 0 Å². The van der Waals surface area contributed by atoms with E-state index < -0.39 is 0 Å². The Morgan fingerprint density at radius 2 is 1.90 bits per heavy atom. The fourth-order valence-corrected chi connectivity index (χ4v) is 4.34. The van der Waals surface area contributed by atoms with Gasteiger partial charge in [0.1, 0.15) is 0 Å². The number of aromatic nitrogens is 2. The summed E-state index contributed by atoms with van der Waals surface area (Å²) in [6.45, 7) is 1.77. The van der Waals surface area contributed by atoms with Crippen molar-refractivity contribution in [3.8, 4) is 5.69 Å². The van der Waals surface area contributed by atoms with Crippen LogP contribution in [0.1, 0.15) is 23.5 Å². The van der Waals surface area contributed by atoms with Crippen LogP contribution in [-0.2, 0) is 0 Å². The van der Waals surface area contributed by atoms with Gasteiger partial charge in [0, 0.05) is 41.3 Å². The molecule has 3 heterocycles. The number of nitrogens with one attached hydrogen (secondary N) is 1. The number of hydrogen-bond donors (Lipinski definition) is 1. The average Bonchev–Trinajstić information content (AvgIpc) is 3.32. The molecule has 0 saturated carbocycles. The van der Waals surface area contributed by atoms with Crippen LogP contribution in [0.2, 0.25) is 0 Å². The smallest absolute Gasteiger partial charge is 0.170 e. The first-order valence-electron chi connectivity index (χ1n) is 9.60. The fourth-order valence-electron chi connectivity index (χ4n) is 3.75. The van der Waals surface area contributed by atoms with Gasteiger partial charge >= 0.3 is 0 Å². The zero-order valence-corrected chi connectivity index (χ0v) is 18.9. The number of pyridine rings is 1. The summed E-state index contributed by atoms with van der Waals surface area (Å²) in [7, 11) is 4.17. The summed E-state index contributed by atoms with van der Waals surface area (Å²) in [6.07, 6.45) is 3.95. The molecule has 1 aliphatic heterocycles. The number of rotatable bonds is 6. The van der Waals surface area contributed by atoms with Crippen LogP contribution >= 0.6 is 28.1 Å². The van der Waals surface area contributed by atoms with Crippen molar-refractivity contribution in [3.05, 3.63) is 82.9 Å². The third-order valence-corrected chi connectivity index (χ3v) is 6.06. The molecule has 1 N–H and O–H groups in total. The molecule has 3 aromatic rings. The van der Waals surface area contributed by atoms with Crippen molar-refractivity contribution in [2.45, 2.75) is 12.1 Å². The number of nitrogens with zero attached hydrogens (tertiary/aromatic N) is 4. The summed E-state index contributed by atoms with van der Waals surface area (Å²) in [5.41, 5.74) is 3.31. The molecule has 5 nitrogen and oxygen atoms in total. The molecule has 0 bridgehead atoms. The monoisotopic (exact) mass is 469 g/mol. The summed E-state index contributed by atoms with van der Waals surface area (Å²) in [5.74, 6) is 0. The van der Waals surface area contributed by atoms with Crippen molar-refractivity contribution in [1.29, 1.82) is 0 Å². The first-order valence-corrected chi connectivity index (χ1v) is 10.8. The van der Waals surface area contributed by atoms with Gasteiger partial charge in [0.05, 0.1) is 17.8 Å². The van der Waals surface area contributed by atoms with Gasteiger partial charge in [-0.3, -0.25) is 4.98 Å². The minimum absolute atomic E-state index is 0.00467. The Bertz CT molecular complexity index is 970. The zero-order chi connectivity index (χ0) is 20.4. The molecule has 0 radical (unpaired) electrons. The van der Waals surface area contributed by atoms with E-state index in [-0.39, 0.29) is 12.1 Å². The van der Waals surface area contributed by atoms with Gasteiger partial charge in [-0.2, -0.15) is 0 Å².